The fraction of sp³-hybridized carbons (Fsp3) is 0.455. The number of benzene rings is 1. The molecule has 6 N–H and O–H groups in total. The quantitative estimate of drug-likeness (QED) is 0.0591. The summed E-state index contributed by atoms with van der Waals surface area (Å²) in [6.07, 6.45) is 1.01. The monoisotopic (exact) mass is 586 g/mol. The number of hydrogen-bond donors (Lipinski definition) is 6. The zero-order valence-electron chi connectivity index (χ0n) is 20.4. The first-order chi connectivity index (χ1) is 18.5. The van der Waals surface area contributed by atoms with E-state index < -0.39 is 34.2 Å². The Morgan fingerprint density at radius 3 is 2.79 bits per heavy atom. The van der Waals surface area contributed by atoms with E-state index in [2.05, 4.69) is 26.0 Å². The van der Waals surface area contributed by atoms with Gasteiger partial charge in [-0.1, -0.05) is 22.8 Å². The third kappa shape index (κ3) is 6.25. The summed E-state index contributed by atoms with van der Waals surface area (Å²) in [6, 6.07) is 2.09. The van der Waals surface area contributed by atoms with Gasteiger partial charge >= 0.3 is 10.3 Å². The summed E-state index contributed by atoms with van der Waals surface area (Å²) in [5.74, 6) is -2.43. The van der Waals surface area contributed by atoms with Crippen LogP contribution in [0.5, 0.6) is 11.5 Å². The van der Waals surface area contributed by atoms with Crippen LogP contribution >= 0.6 is 11.6 Å². The van der Waals surface area contributed by atoms with Crippen LogP contribution in [0.4, 0.5) is 0 Å². The molecule has 212 valence electrons. The summed E-state index contributed by atoms with van der Waals surface area (Å²) in [5.41, 5.74) is 1.24. The van der Waals surface area contributed by atoms with Crippen molar-refractivity contribution in [3.8, 4) is 11.5 Å². The van der Waals surface area contributed by atoms with E-state index in [1.807, 2.05) is 0 Å². The lowest BCUT2D eigenvalue weighted by Crippen LogP contribution is -2.73. The molecule has 3 heterocycles. The van der Waals surface area contributed by atoms with E-state index in [4.69, 9.17) is 16.1 Å². The molecule has 39 heavy (non-hydrogen) atoms. The van der Waals surface area contributed by atoms with Gasteiger partial charge in [0.15, 0.2) is 11.5 Å². The van der Waals surface area contributed by atoms with E-state index >= 15 is 0 Å². The number of halogens is 1. The SMILES string of the molecule is O=CNC1C(=O)N(S(=O)(=O)O)[C@@H]1CNC(=O)c1cc(C2CCN(CCNCc3ccc(O)c(O)c3Cl)C2)no1. The molecular weight excluding hydrogens is 560 g/mol. The van der Waals surface area contributed by atoms with Crippen molar-refractivity contribution in [1.82, 2.24) is 30.3 Å². The standard InChI is InChI=1S/C22H27ClN6O9S/c23-18-12(1-2-16(31)20(18)32)8-24-4-6-28-5-3-13(10-28)14-7-17(38-27-14)21(33)25-9-15-19(26-11-30)22(34)29(15)39(35,36)37/h1-2,7,11,13,15,19,24,31-32H,3-6,8-10H2,(H,25,33)(H,26,30)(H,35,36,37)/t13?,15-,19?/m1/s1. The van der Waals surface area contributed by atoms with E-state index in [0.29, 0.717) is 30.9 Å². The highest BCUT2D eigenvalue weighted by Gasteiger charge is 2.53. The van der Waals surface area contributed by atoms with Gasteiger partial charge in [-0.2, -0.15) is 8.42 Å². The topological polar surface area (TPSA) is 215 Å². The van der Waals surface area contributed by atoms with Crippen LogP contribution in [0.3, 0.4) is 0 Å². The van der Waals surface area contributed by atoms with Gasteiger partial charge in [0.2, 0.25) is 12.2 Å². The summed E-state index contributed by atoms with van der Waals surface area (Å²) in [4.78, 5) is 37.3. The normalized spacial score (nSPS) is 21.5. The first-order valence-corrected chi connectivity index (χ1v) is 13.7. The van der Waals surface area contributed by atoms with E-state index in [1.165, 1.54) is 12.1 Å². The van der Waals surface area contributed by atoms with Gasteiger partial charge in [-0.05, 0) is 24.6 Å². The predicted octanol–water partition coefficient (Wildman–Crippen LogP) is -0.824. The summed E-state index contributed by atoms with van der Waals surface area (Å²) in [6.45, 7) is 2.89. The molecule has 15 nitrogen and oxygen atoms in total. The van der Waals surface area contributed by atoms with Crippen molar-refractivity contribution in [1.29, 1.82) is 0 Å². The molecule has 0 radical (unpaired) electrons. The van der Waals surface area contributed by atoms with Crippen LogP contribution in [0.15, 0.2) is 22.7 Å². The van der Waals surface area contributed by atoms with Gasteiger partial charge in [-0.15, -0.1) is 0 Å². The molecule has 0 bridgehead atoms. The van der Waals surface area contributed by atoms with Crippen LogP contribution in [0.25, 0.3) is 0 Å². The Bertz CT molecular complexity index is 1350. The molecule has 2 fully saturated rings. The number of phenolic OH excluding ortho intramolecular Hbond substituents is 2. The number of likely N-dealkylation sites (tertiary alicyclic amines) is 1. The maximum Gasteiger partial charge on any atom is 0.362 e. The van der Waals surface area contributed by atoms with Crippen LogP contribution < -0.4 is 16.0 Å². The van der Waals surface area contributed by atoms with E-state index in [-0.39, 0.29) is 45.5 Å². The van der Waals surface area contributed by atoms with Gasteiger partial charge in [0.25, 0.3) is 11.8 Å². The molecule has 1 aromatic heterocycles. The van der Waals surface area contributed by atoms with Crippen molar-refractivity contribution in [3.05, 3.63) is 40.2 Å². The van der Waals surface area contributed by atoms with Gasteiger partial charge in [-0.25, -0.2) is 4.31 Å². The molecule has 0 spiro atoms. The minimum atomic E-state index is -4.86. The first kappa shape index (κ1) is 28.6. The molecule has 2 saturated heterocycles. The Balaban J connectivity index is 1.24. The lowest BCUT2D eigenvalue weighted by Gasteiger charge is -2.43. The number of phenols is 2. The average Bonchev–Trinajstić information content (AvgIpc) is 3.56. The molecule has 2 aromatic rings. The van der Waals surface area contributed by atoms with Gasteiger partial charge in [0, 0.05) is 44.7 Å². The van der Waals surface area contributed by atoms with Crippen LogP contribution in [-0.4, -0.2) is 101 Å². The smallest absolute Gasteiger partial charge is 0.362 e. The van der Waals surface area contributed by atoms with Crippen molar-refractivity contribution in [2.75, 3.05) is 32.7 Å². The highest BCUT2D eigenvalue weighted by Crippen LogP contribution is 2.35. The molecule has 2 unspecified atom stereocenters. The Kier molecular flexibility index (Phi) is 8.60. The highest BCUT2D eigenvalue weighted by molar-refractivity contribution is 7.84. The molecule has 0 aliphatic carbocycles. The molecule has 17 heteroatoms. The van der Waals surface area contributed by atoms with Crippen molar-refractivity contribution in [2.45, 2.75) is 31.0 Å². The number of carbonyl (C=O) groups excluding carboxylic acids is 3. The maximum absolute atomic E-state index is 12.5. The number of aromatic nitrogens is 1. The van der Waals surface area contributed by atoms with Gasteiger partial charge in [0.1, 0.15) is 6.04 Å². The number of hydrogen-bond acceptors (Lipinski definition) is 11. The third-order valence-electron chi connectivity index (χ3n) is 6.68. The van der Waals surface area contributed by atoms with Crippen molar-refractivity contribution in [3.63, 3.8) is 0 Å². The van der Waals surface area contributed by atoms with Crippen molar-refractivity contribution < 1.29 is 42.1 Å². The van der Waals surface area contributed by atoms with E-state index in [1.54, 1.807) is 6.07 Å². The van der Waals surface area contributed by atoms with E-state index in [0.717, 1.165) is 19.5 Å². The van der Waals surface area contributed by atoms with Crippen LogP contribution in [0.2, 0.25) is 5.02 Å². The summed E-state index contributed by atoms with van der Waals surface area (Å²) >= 11 is 6.04. The number of β-lactam (4-membered cyclic amide) rings is 1. The van der Waals surface area contributed by atoms with Gasteiger partial charge in [0.05, 0.1) is 16.8 Å². The number of amides is 3. The molecule has 3 atom stereocenters. The molecule has 2 aliphatic rings. The number of nitrogens with one attached hydrogen (secondary N) is 3. The van der Waals surface area contributed by atoms with Crippen molar-refractivity contribution >= 4 is 40.1 Å². The number of nitrogens with zero attached hydrogens (tertiary/aromatic N) is 3. The second kappa shape index (κ2) is 11.7. The first-order valence-electron chi connectivity index (χ1n) is 11.9. The summed E-state index contributed by atoms with van der Waals surface area (Å²) in [7, 11) is -4.86. The Hall–Kier alpha value is -3.44. The lowest BCUT2D eigenvalue weighted by atomic mass is 9.99. The fourth-order valence-corrected chi connectivity index (χ4v) is 5.71. The Labute approximate surface area is 227 Å². The molecule has 0 saturated carbocycles. The predicted molar refractivity (Wildman–Crippen MR) is 134 cm³/mol. The number of rotatable bonds is 12. The third-order valence-corrected chi connectivity index (χ3v) is 8.04. The number of aromatic hydroxyl groups is 2. The lowest BCUT2D eigenvalue weighted by molar-refractivity contribution is -0.143. The average molecular weight is 587 g/mol. The summed E-state index contributed by atoms with van der Waals surface area (Å²) < 4.78 is 37.4. The second-order valence-electron chi connectivity index (χ2n) is 9.14. The largest absolute Gasteiger partial charge is 0.504 e. The molecule has 1 aromatic carbocycles. The Morgan fingerprint density at radius 1 is 1.31 bits per heavy atom. The van der Waals surface area contributed by atoms with Crippen molar-refractivity contribution in [2.24, 2.45) is 0 Å². The molecule has 2 aliphatic heterocycles. The summed E-state index contributed by atoms with van der Waals surface area (Å²) in [5, 5.41) is 31.1. The minimum absolute atomic E-state index is 0.0271. The van der Waals surface area contributed by atoms with Crippen LogP contribution in [0.1, 0.15) is 34.2 Å². The molecule has 3 amide bonds. The maximum atomic E-state index is 12.5. The Morgan fingerprint density at radius 2 is 2.08 bits per heavy atom. The second-order valence-corrected chi connectivity index (χ2v) is 10.8. The van der Waals surface area contributed by atoms with Gasteiger partial charge in [-0.3, -0.25) is 18.9 Å². The molecular formula is C22H27ClN6O9S. The fourth-order valence-electron chi connectivity index (χ4n) is 4.60. The minimum Gasteiger partial charge on any atom is -0.504 e. The molecule has 4 rings (SSSR count). The highest BCUT2D eigenvalue weighted by atomic mass is 35.5. The number of carbonyl (C=O) groups is 3. The van der Waals surface area contributed by atoms with Crippen LogP contribution in [0, 0.1) is 0 Å². The zero-order valence-corrected chi connectivity index (χ0v) is 22.0. The van der Waals surface area contributed by atoms with Crippen LogP contribution in [-0.2, 0) is 26.4 Å². The van der Waals surface area contributed by atoms with E-state index in [9.17, 15) is 37.6 Å². The van der Waals surface area contributed by atoms with Gasteiger partial charge < -0.3 is 35.6 Å². The zero-order chi connectivity index (χ0) is 28.3.